The molecule has 2 aromatic carbocycles. The van der Waals surface area contributed by atoms with Crippen LogP contribution in [-0.4, -0.2) is 15.6 Å². The third-order valence-electron chi connectivity index (χ3n) is 2.55. The van der Waals surface area contributed by atoms with E-state index in [9.17, 15) is 0 Å². The standard InChI is InChI=1S/C14H16O2Si/c1-15-17(2,14-11-7-4-8-12-14)16-13-9-5-3-6-10-13/h3-12H,1-2H3/i1D3. The first-order chi connectivity index (χ1) is 9.39. The van der Waals surface area contributed by atoms with Gasteiger partial charge in [0.25, 0.3) is 0 Å². The van der Waals surface area contributed by atoms with Crippen molar-refractivity contribution in [2.45, 2.75) is 6.55 Å². The van der Waals surface area contributed by atoms with E-state index in [1.165, 1.54) is 0 Å². The Bertz CT molecular complexity index is 545. The SMILES string of the molecule is [2H]C([2H])([2H])O[Si](C)(Oc1ccccc1)c1ccccc1. The molecule has 0 fully saturated rings. The molecular weight excluding hydrogens is 228 g/mol. The van der Waals surface area contributed by atoms with Crippen molar-refractivity contribution in [3.8, 4) is 5.75 Å². The van der Waals surface area contributed by atoms with Crippen molar-refractivity contribution in [1.82, 2.24) is 0 Å². The Hall–Kier alpha value is -1.58. The summed E-state index contributed by atoms with van der Waals surface area (Å²) in [4.78, 5) is 0. The van der Waals surface area contributed by atoms with Gasteiger partial charge in [0.1, 0.15) is 5.75 Å². The number of rotatable bonds is 4. The summed E-state index contributed by atoms with van der Waals surface area (Å²) in [6, 6.07) is 18.4. The molecule has 0 aliphatic heterocycles. The van der Waals surface area contributed by atoms with E-state index in [1.54, 1.807) is 18.7 Å². The van der Waals surface area contributed by atoms with Crippen LogP contribution in [-0.2, 0) is 4.43 Å². The van der Waals surface area contributed by atoms with Gasteiger partial charge in [-0.3, -0.25) is 0 Å². The van der Waals surface area contributed by atoms with Crippen molar-refractivity contribution in [2.75, 3.05) is 7.04 Å². The van der Waals surface area contributed by atoms with Crippen LogP contribution in [0.4, 0.5) is 0 Å². The molecule has 88 valence electrons. The predicted molar refractivity (Wildman–Crippen MR) is 71.8 cm³/mol. The van der Waals surface area contributed by atoms with Crippen LogP contribution in [0.5, 0.6) is 5.75 Å². The fraction of sp³-hybridized carbons (Fsp3) is 0.143. The van der Waals surface area contributed by atoms with E-state index in [0.29, 0.717) is 5.75 Å². The fourth-order valence-electron chi connectivity index (χ4n) is 1.59. The van der Waals surface area contributed by atoms with Crippen LogP contribution in [0.25, 0.3) is 0 Å². The first kappa shape index (κ1) is 8.50. The highest BCUT2D eigenvalue weighted by atomic mass is 28.4. The van der Waals surface area contributed by atoms with Gasteiger partial charge < -0.3 is 8.85 Å². The second-order valence-electron chi connectivity index (χ2n) is 3.83. The van der Waals surface area contributed by atoms with Crippen LogP contribution >= 0.6 is 0 Å². The minimum atomic E-state index is -3.06. The molecule has 0 aliphatic carbocycles. The molecule has 2 rings (SSSR count). The smallest absolute Gasteiger partial charge is 0.430 e. The van der Waals surface area contributed by atoms with E-state index in [2.05, 4.69) is 0 Å². The lowest BCUT2D eigenvalue weighted by Crippen LogP contribution is -2.53. The number of benzene rings is 2. The summed E-state index contributed by atoms with van der Waals surface area (Å²) < 4.78 is 33.4. The maximum atomic E-state index is 7.37. The van der Waals surface area contributed by atoms with Gasteiger partial charge in [0.05, 0.1) is 4.11 Å². The van der Waals surface area contributed by atoms with E-state index in [-0.39, 0.29) is 0 Å². The van der Waals surface area contributed by atoms with Crippen LogP contribution in [0.1, 0.15) is 4.11 Å². The lowest BCUT2D eigenvalue weighted by molar-refractivity contribution is 0.321. The number of hydrogen-bond donors (Lipinski definition) is 0. The largest absolute Gasteiger partial charge is 0.517 e. The van der Waals surface area contributed by atoms with Crippen molar-refractivity contribution in [3.63, 3.8) is 0 Å². The molecule has 0 aliphatic rings. The maximum Gasteiger partial charge on any atom is 0.430 e. The molecule has 3 heteroatoms. The zero-order valence-electron chi connectivity index (χ0n) is 12.6. The molecule has 1 atom stereocenters. The molecule has 0 heterocycles. The Kier molecular flexibility index (Phi) is 2.58. The van der Waals surface area contributed by atoms with Crippen LogP contribution in [0.15, 0.2) is 60.7 Å². The Morgan fingerprint density at radius 3 is 2.12 bits per heavy atom. The van der Waals surface area contributed by atoms with Crippen LogP contribution < -0.4 is 9.61 Å². The molecule has 0 aromatic heterocycles. The lowest BCUT2D eigenvalue weighted by Gasteiger charge is -2.26. The first-order valence-corrected chi connectivity index (χ1v) is 7.70. The third kappa shape index (κ3) is 2.75. The molecule has 0 saturated heterocycles. The minimum Gasteiger partial charge on any atom is -0.517 e. The Labute approximate surface area is 107 Å². The Balaban J connectivity index is 2.34. The predicted octanol–water partition coefficient (Wildman–Crippen LogP) is 2.69. The Morgan fingerprint density at radius 2 is 1.53 bits per heavy atom. The second-order valence-corrected chi connectivity index (χ2v) is 6.71. The van der Waals surface area contributed by atoms with E-state index in [0.717, 1.165) is 5.19 Å². The summed E-state index contributed by atoms with van der Waals surface area (Å²) in [6.07, 6.45) is 0. The van der Waals surface area contributed by atoms with Gasteiger partial charge in [-0.1, -0.05) is 48.5 Å². The second kappa shape index (κ2) is 5.16. The summed E-state index contributed by atoms with van der Waals surface area (Å²) in [5.74, 6) is 0.606. The first-order valence-electron chi connectivity index (χ1n) is 6.89. The summed E-state index contributed by atoms with van der Waals surface area (Å²) in [6.45, 7) is 1.74. The number of hydrogen-bond acceptors (Lipinski definition) is 2. The van der Waals surface area contributed by atoms with Crippen molar-refractivity contribution in [3.05, 3.63) is 60.7 Å². The zero-order chi connectivity index (χ0) is 14.6. The summed E-state index contributed by atoms with van der Waals surface area (Å²) in [7, 11) is -5.56. The van der Waals surface area contributed by atoms with Crippen LogP contribution in [0, 0.1) is 0 Å². The van der Waals surface area contributed by atoms with Crippen molar-refractivity contribution in [2.24, 2.45) is 0 Å². The molecule has 2 aromatic rings. The summed E-state index contributed by atoms with van der Waals surface area (Å²) >= 11 is 0. The van der Waals surface area contributed by atoms with E-state index in [1.807, 2.05) is 48.5 Å². The zero-order valence-corrected chi connectivity index (χ0v) is 10.6. The average Bonchev–Trinajstić information content (AvgIpc) is 2.39. The molecule has 17 heavy (non-hydrogen) atoms. The topological polar surface area (TPSA) is 18.5 Å². The monoisotopic (exact) mass is 247 g/mol. The molecule has 0 bridgehead atoms. The highest BCUT2D eigenvalue weighted by Gasteiger charge is 2.35. The van der Waals surface area contributed by atoms with Crippen LogP contribution in [0.2, 0.25) is 6.55 Å². The van der Waals surface area contributed by atoms with Gasteiger partial charge in [-0.25, -0.2) is 0 Å². The van der Waals surface area contributed by atoms with Gasteiger partial charge in [-0.05, 0) is 18.7 Å². The molecule has 0 radical (unpaired) electrons. The lowest BCUT2D eigenvalue weighted by atomic mass is 10.3. The van der Waals surface area contributed by atoms with Crippen LogP contribution in [0.3, 0.4) is 0 Å². The van der Waals surface area contributed by atoms with Gasteiger partial charge in [-0.2, -0.15) is 0 Å². The highest BCUT2D eigenvalue weighted by molar-refractivity contribution is 6.80. The molecule has 0 N–H and O–H groups in total. The molecule has 1 unspecified atom stereocenters. The van der Waals surface area contributed by atoms with Gasteiger partial charge in [-0.15, -0.1) is 0 Å². The highest BCUT2D eigenvalue weighted by Crippen LogP contribution is 2.15. The molecule has 2 nitrogen and oxygen atoms in total. The quantitative estimate of drug-likeness (QED) is 0.773. The Morgan fingerprint density at radius 1 is 0.941 bits per heavy atom. The molecule has 0 spiro atoms. The minimum absolute atomic E-state index is 0.606. The van der Waals surface area contributed by atoms with E-state index < -0.39 is 15.6 Å². The van der Waals surface area contributed by atoms with Crippen molar-refractivity contribution >= 4 is 13.7 Å². The van der Waals surface area contributed by atoms with E-state index in [4.69, 9.17) is 13.0 Å². The maximum absolute atomic E-state index is 7.37. The van der Waals surface area contributed by atoms with Gasteiger partial charge in [0.15, 0.2) is 0 Å². The summed E-state index contributed by atoms with van der Waals surface area (Å²) in [5, 5.41) is 0.778. The van der Waals surface area contributed by atoms with Gasteiger partial charge in [0.2, 0.25) is 0 Å². The van der Waals surface area contributed by atoms with Crippen molar-refractivity contribution in [1.29, 1.82) is 0 Å². The normalized spacial score (nSPS) is 17.4. The average molecular weight is 247 g/mol. The van der Waals surface area contributed by atoms with Crippen molar-refractivity contribution < 1.29 is 13.0 Å². The van der Waals surface area contributed by atoms with Gasteiger partial charge in [0, 0.05) is 12.2 Å². The van der Waals surface area contributed by atoms with Gasteiger partial charge >= 0.3 is 8.56 Å². The molecule has 0 amide bonds. The van der Waals surface area contributed by atoms with E-state index >= 15 is 0 Å². The molecule has 0 saturated carbocycles. The molecular formula is C14H16O2Si. The number of para-hydroxylation sites is 1. The fourth-order valence-corrected chi connectivity index (χ4v) is 3.25. The summed E-state index contributed by atoms with van der Waals surface area (Å²) in [5.41, 5.74) is 0. The third-order valence-corrected chi connectivity index (χ3v) is 4.95.